The van der Waals surface area contributed by atoms with Crippen molar-refractivity contribution in [2.75, 3.05) is 30.5 Å². The predicted octanol–water partition coefficient (Wildman–Crippen LogP) is 1.62. The Hall–Kier alpha value is -1.87. The van der Waals surface area contributed by atoms with Gasteiger partial charge in [0, 0.05) is 6.54 Å². The number of phenols is 1. The third-order valence-corrected chi connectivity index (χ3v) is 6.47. The van der Waals surface area contributed by atoms with Gasteiger partial charge in [-0.05, 0) is 61.9 Å². The van der Waals surface area contributed by atoms with Crippen LogP contribution in [0.15, 0.2) is 12.1 Å². The predicted molar refractivity (Wildman–Crippen MR) is 100 cm³/mol. The molecule has 1 unspecified atom stereocenters. The van der Waals surface area contributed by atoms with Crippen molar-refractivity contribution in [3.05, 3.63) is 23.5 Å². The normalized spacial score (nSPS) is 22.6. The number of nitrogens with one attached hydrogen (secondary N) is 1. The number of amides is 1. The first-order valence-corrected chi connectivity index (χ1v) is 10.7. The maximum absolute atomic E-state index is 14.6. The van der Waals surface area contributed by atoms with Gasteiger partial charge in [-0.15, -0.1) is 0 Å². The summed E-state index contributed by atoms with van der Waals surface area (Å²) in [6.45, 7) is 6.87. The second kappa shape index (κ2) is 7.63. The van der Waals surface area contributed by atoms with Gasteiger partial charge in [0.1, 0.15) is 18.0 Å². The van der Waals surface area contributed by atoms with Crippen molar-refractivity contribution < 1.29 is 22.7 Å². The Bertz CT molecular complexity index is 805. The standard InChI is InChI=1S/C18H26FN3O4S/c1-12(2)3-5-21-6-4-13(10-21)7-14-8-15(19)18(16(23)9-14)22-11-17(24)20-27(22,25)26/h8-9,12-13,23H,3-7,10-11H2,1-2H3,(H,20,24). The van der Waals surface area contributed by atoms with E-state index in [1.807, 2.05) is 0 Å². The average Bonchev–Trinajstić information content (AvgIpc) is 3.08. The van der Waals surface area contributed by atoms with Crippen molar-refractivity contribution in [2.45, 2.75) is 33.1 Å². The SMILES string of the molecule is CC(C)CCN1CCC(Cc2cc(O)c(N3CC(=O)NS3(=O)=O)c(F)c2)C1. The summed E-state index contributed by atoms with van der Waals surface area (Å²) in [6.07, 6.45) is 2.78. The number of halogens is 1. The molecule has 7 nitrogen and oxygen atoms in total. The van der Waals surface area contributed by atoms with E-state index < -0.39 is 39.9 Å². The van der Waals surface area contributed by atoms with Crippen molar-refractivity contribution in [3.8, 4) is 5.75 Å². The van der Waals surface area contributed by atoms with Crippen LogP contribution < -0.4 is 9.03 Å². The molecule has 0 aromatic heterocycles. The highest BCUT2D eigenvalue weighted by atomic mass is 32.2. The van der Waals surface area contributed by atoms with Gasteiger partial charge in [0.25, 0.3) is 5.91 Å². The van der Waals surface area contributed by atoms with E-state index in [1.54, 1.807) is 4.72 Å². The molecule has 2 N–H and O–H groups in total. The van der Waals surface area contributed by atoms with Gasteiger partial charge in [-0.2, -0.15) is 8.42 Å². The fourth-order valence-corrected chi connectivity index (χ4v) is 4.88. The largest absolute Gasteiger partial charge is 0.506 e. The third kappa shape index (κ3) is 4.52. The Kier molecular flexibility index (Phi) is 5.62. The molecule has 2 fully saturated rings. The molecule has 0 aliphatic carbocycles. The van der Waals surface area contributed by atoms with Crippen LogP contribution >= 0.6 is 0 Å². The molecule has 0 radical (unpaired) electrons. The molecule has 150 valence electrons. The van der Waals surface area contributed by atoms with Crippen LogP contribution in [0.1, 0.15) is 32.3 Å². The highest BCUT2D eigenvalue weighted by molar-refractivity contribution is 7.92. The second-order valence-electron chi connectivity index (χ2n) is 7.82. The molecule has 27 heavy (non-hydrogen) atoms. The second-order valence-corrected chi connectivity index (χ2v) is 9.42. The minimum atomic E-state index is -4.16. The fourth-order valence-electron chi connectivity index (χ4n) is 3.71. The molecule has 1 aromatic rings. The summed E-state index contributed by atoms with van der Waals surface area (Å²) < 4.78 is 40.7. The minimum absolute atomic E-state index is 0.376. The van der Waals surface area contributed by atoms with Crippen molar-refractivity contribution in [1.82, 2.24) is 9.62 Å². The summed E-state index contributed by atoms with van der Waals surface area (Å²) >= 11 is 0. The number of hydrogen-bond acceptors (Lipinski definition) is 5. The van der Waals surface area contributed by atoms with Crippen molar-refractivity contribution >= 4 is 21.8 Å². The van der Waals surface area contributed by atoms with E-state index in [-0.39, 0.29) is 0 Å². The maximum atomic E-state index is 14.6. The van der Waals surface area contributed by atoms with Crippen molar-refractivity contribution in [1.29, 1.82) is 0 Å². The Morgan fingerprint density at radius 2 is 2.11 bits per heavy atom. The molecule has 0 saturated carbocycles. The molecule has 1 amide bonds. The molecule has 2 aliphatic heterocycles. The number of benzene rings is 1. The zero-order chi connectivity index (χ0) is 19.8. The number of nitrogens with zero attached hydrogens (tertiary/aromatic N) is 2. The quantitative estimate of drug-likeness (QED) is 0.759. The lowest BCUT2D eigenvalue weighted by Crippen LogP contribution is -2.30. The molecule has 0 bridgehead atoms. The maximum Gasteiger partial charge on any atom is 0.326 e. The summed E-state index contributed by atoms with van der Waals surface area (Å²) in [4.78, 5) is 13.8. The van der Waals surface area contributed by atoms with Gasteiger partial charge in [-0.1, -0.05) is 13.8 Å². The van der Waals surface area contributed by atoms with Crippen LogP contribution in [0.2, 0.25) is 0 Å². The molecular weight excluding hydrogens is 373 g/mol. The van der Waals surface area contributed by atoms with Gasteiger partial charge in [-0.3, -0.25) is 4.79 Å². The average molecular weight is 399 g/mol. The van der Waals surface area contributed by atoms with E-state index in [9.17, 15) is 22.7 Å². The molecule has 1 atom stereocenters. The number of phenolic OH excluding ortho intramolecular Hbond substituents is 1. The van der Waals surface area contributed by atoms with Gasteiger partial charge in [0.05, 0.1) is 0 Å². The smallest absolute Gasteiger partial charge is 0.326 e. The van der Waals surface area contributed by atoms with Crippen LogP contribution in [0.5, 0.6) is 5.75 Å². The van der Waals surface area contributed by atoms with E-state index in [4.69, 9.17) is 0 Å². The van der Waals surface area contributed by atoms with E-state index in [1.165, 1.54) is 12.1 Å². The summed E-state index contributed by atoms with van der Waals surface area (Å²) in [7, 11) is -4.16. The summed E-state index contributed by atoms with van der Waals surface area (Å²) in [5.41, 5.74) is 0.141. The van der Waals surface area contributed by atoms with Crippen molar-refractivity contribution in [2.24, 2.45) is 11.8 Å². The summed E-state index contributed by atoms with van der Waals surface area (Å²) in [5, 5.41) is 10.2. The Balaban J connectivity index is 1.70. The fraction of sp³-hybridized carbons (Fsp3) is 0.611. The first kappa shape index (κ1) is 19.9. The summed E-state index contributed by atoms with van der Waals surface area (Å²) in [6, 6.07) is 2.65. The number of likely N-dealkylation sites (tertiary alicyclic amines) is 1. The topological polar surface area (TPSA) is 89.9 Å². The van der Waals surface area contributed by atoms with Gasteiger partial charge in [0.15, 0.2) is 5.82 Å². The molecule has 9 heteroatoms. The first-order valence-electron chi connectivity index (χ1n) is 9.22. The monoisotopic (exact) mass is 399 g/mol. The minimum Gasteiger partial charge on any atom is -0.506 e. The van der Waals surface area contributed by atoms with Crippen LogP contribution in [0.4, 0.5) is 10.1 Å². The summed E-state index contributed by atoms with van der Waals surface area (Å²) in [5.74, 6) is -1.05. The van der Waals surface area contributed by atoms with E-state index in [2.05, 4.69) is 18.7 Å². The molecule has 2 saturated heterocycles. The number of anilines is 1. The number of hydrogen-bond donors (Lipinski definition) is 2. The highest BCUT2D eigenvalue weighted by Gasteiger charge is 2.37. The molecule has 2 aliphatic rings. The zero-order valence-electron chi connectivity index (χ0n) is 15.6. The van der Waals surface area contributed by atoms with Gasteiger partial charge in [-0.25, -0.2) is 13.4 Å². The van der Waals surface area contributed by atoms with Crippen LogP contribution in [0.3, 0.4) is 0 Å². The van der Waals surface area contributed by atoms with Crippen LogP contribution in [0, 0.1) is 17.7 Å². The number of carbonyl (C=O) groups excluding carboxylic acids is 1. The van der Waals surface area contributed by atoms with Crippen LogP contribution in [0.25, 0.3) is 0 Å². The zero-order valence-corrected chi connectivity index (χ0v) is 16.4. The van der Waals surface area contributed by atoms with Crippen LogP contribution in [-0.4, -0.2) is 50.5 Å². The lowest BCUT2D eigenvalue weighted by molar-refractivity contribution is -0.117. The van der Waals surface area contributed by atoms with E-state index >= 15 is 0 Å². The molecule has 0 spiro atoms. The van der Waals surface area contributed by atoms with Crippen LogP contribution in [-0.2, 0) is 21.4 Å². The lowest BCUT2D eigenvalue weighted by Gasteiger charge is -2.19. The highest BCUT2D eigenvalue weighted by Crippen LogP contribution is 2.35. The van der Waals surface area contributed by atoms with E-state index in [0.29, 0.717) is 28.1 Å². The number of rotatable bonds is 6. The van der Waals surface area contributed by atoms with Gasteiger partial charge in [0.2, 0.25) is 0 Å². The van der Waals surface area contributed by atoms with Gasteiger partial charge < -0.3 is 10.0 Å². The first-order chi connectivity index (χ1) is 12.7. The molecule has 1 aromatic carbocycles. The number of aromatic hydroxyl groups is 1. The van der Waals surface area contributed by atoms with E-state index in [0.717, 1.165) is 32.5 Å². The lowest BCUT2D eigenvalue weighted by atomic mass is 9.98. The molecule has 2 heterocycles. The Morgan fingerprint density at radius 3 is 2.70 bits per heavy atom. The number of carbonyl (C=O) groups is 1. The third-order valence-electron chi connectivity index (χ3n) is 5.09. The Labute approximate surface area is 159 Å². The Morgan fingerprint density at radius 1 is 1.37 bits per heavy atom. The molecular formula is C18H26FN3O4S. The van der Waals surface area contributed by atoms with Gasteiger partial charge >= 0.3 is 10.2 Å². The van der Waals surface area contributed by atoms with Crippen molar-refractivity contribution in [3.63, 3.8) is 0 Å². The molecule has 3 rings (SSSR count).